The number of nitrogens with zero attached hydrogens (tertiary/aromatic N) is 2. The van der Waals surface area contributed by atoms with Crippen molar-refractivity contribution >= 4 is 29.3 Å². The van der Waals surface area contributed by atoms with Gasteiger partial charge >= 0.3 is 12.0 Å². The average molecular weight is 485 g/mol. The Balaban J connectivity index is 1.52. The summed E-state index contributed by atoms with van der Waals surface area (Å²) in [6.07, 6.45) is 0. The Labute approximate surface area is 204 Å². The number of anilines is 1. The molecule has 4 rings (SSSR count). The van der Waals surface area contributed by atoms with Gasteiger partial charge in [-0.05, 0) is 48.9 Å². The number of carbonyl (C=O) groups is 2. The fraction of sp³-hybridized carbons (Fsp3) is 0.360. The number of rotatable bonds is 7. The number of methoxy groups -OCH3 is 1. The van der Waals surface area contributed by atoms with Crippen LogP contribution in [0.5, 0.6) is 5.75 Å². The van der Waals surface area contributed by atoms with Gasteiger partial charge in [0.1, 0.15) is 5.75 Å². The number of nitrogens with one attached hydrogen (secondary N) is 2. The van der Waals surface area contributed by atoms with Gasteiger partial charge in [0.25, 0.3) is 0 Å². The lowest BCUT2D eigenvalue weighted by Crippen LogP contribution is -2.51. The molecule has 2 N–H and O–H groups in total. The second kappa shape index (κ2) is 10.8. The minimum absolute atomic E-state index is 0.247. The first-order valence-electron chi connectivity index (χ1n) is 11.3. The summed E-state index contributed by atoms with van der Waals surface area (Å²) in [5.74, 6) is 0.388. The van der Waals surface area contributed by atoms with E-state index in [1.54, 1.807) is 26.2 Å². The molecule has 2 aliphatic rings. The lowest BCUT2D eigenvalue weighted by Gasteiger charge is -2.38. The first-order chi connectivity index (χ1) is 16.5. The number of hydrogen-bond acceptors (Lipinski definition) is 6. The maximum Gasteiger partial charge on any atom is 0.338 e. The third kappa shape index (κ3) is 5.46. The second-order valence-corrected chi connectivity index (χ2v) is 8.59. The Bertz CT molecular complexity index is 1050. The number of hydrogen-bond donors (Lipinski definition) is 2. The molecule has 1 saturated heterocycles. The number of urea groups is 1. The van der Waals surface area contributed by atoms with E-state index < -0.39 is 12.0 Å². The van der Waals surface area contributed by atoms with Crippen LogP contribution in [0.25, 0.3) is 0 Å². The minimum Gasteiger partial charge on any atom is -0.497 e. The molecule has 2 aromatic rings. The zero-order chi connectivity index (χ0) is 24.1. The van der Waals surface area contributed by atoms with Gasteiger partial charge in [-0.15, -0.1) is 0 Å². The summed E-state index contributed by atoms with van der Waals surface area (Å²) >= 11 is 6.04. The molecule has 9 heteroatoms. The second-order valence-electron chi connectivity index (χ2n) is 8.16. The van der Waals surface area contributed by atoms with Crippen LogP contribution in [-0.2, 0) is 9.53 Å². The summed E-state index contributed by atoms with van der Waals surface area (Å²) in [4.78, 5) is 30.0. The number of esters is 1. The van der Waals surface area contributed by atoms with Crippen LogP contribution in [0.3, 0.4) is 0 Å². The monoisotopic (exact) mass is 484 g/mol. The lowest BCUT2D eigenvalue weighted by molar-refractivity contribution is -0.139. The van der Waals surface area contributed by atoms with E-state index in [4.69, 9.17) is 21.1 Å². The summed E-state index contributed by atoms with van der Waals surface area (Å²) in [5.41, 5.74) is 2.90. The zero-order valence-electron chi connectivity index (χ0n) is 19.3. The van der Waals surface area contributed by atoms with Crippen molar-refractivity contribution in [3.05, 3.63) is 70.4 Å². The van der Waals surface area contributed by atoms with E-state index in [9.17, 15) is 9.59 Å². The predicted octanol–water partition coefficient (Wildman–Crippen LogP) is 3.34. The standard InChI is InChI=1S/C25H29ClN4O4/c1-3-34-24(31)22-21(27-25(32)28-23(22)17-4-6-18(26)7-5-17)16-29-12-14-30(15-13-29)19-8-10-20(33-2)11-9-19/h4-11,23H,3,12-16H2,1-2H3,(H2,27,28,32)/t23-/m0/s1. The van der Waals surface area contributed by atoms with Crippen molar-refractivity contribution in [2.45, 2.75) is 13.0 Å². The van der Waals surface area contributed by atoms with Crippen molar-refractivity contribution in [2.75, 3.05) is 51.3 Å². The SMILES string of the molecule is CCOC(=O)C1=C(CN2CCN(c3ccc(OC)cc3)CC2)NC(=O)N[C@H]1c1ccc(Cl)cc1. The third-order valence-corrected chi connectivity index (χ3v) is 6.30. The number of piperazine rings is 1. The Morgan fingerprint density at radius 2 is 1.74 bits per heavy atom. The van der Waals surface area contributed by atoms with Crippen molar-refractivity contribution in [3.63, 3.8) is 0 Å². The highest BCUT2D eigenvalue weighted by molar-refractivity contribution is 6.30. The number of carbonyl (C=O) groups excluding carboxylic acids is 2. The fourth-order valence-corrected chi connectivity index (χ4v) is 4.40. The van der Waals surface area contributed by atoms with Crippen molar-refractivity contribution in [2.24, 2.45) is 0 Å². The number of benzene rings is 2. The predicted molar refractivity (Wildman–Crippen MR) is 131 cm³/mol. The van der Waals surface area contributed by atoms with E-state index in [2.05, 4.69) is 32.6 Å². The van der Waals surface area contributed by atoms with Gasteiger partial charge in [0.15, 0.2) is 0 Å². The highest BCUT2D eigenvalue weighted by Gasteiger charge is 2.34. The van der Waals surface area contributed by atoms with E-state index in [0.717, 1.165) is 43.2 Å². The van der Waals surface area contributed by atoms with Crippen LogP contribution in [0, 0.1) is 0 Å². The molecular weight excluding hydrogens is 456 g/mol. The molecule has 2 aromatic carbocycles. The van der Waals surface area contributed by atoms with Crippen molar-refractivity contribution in [3.8, 4) is 5.75 Å². The summed E-state index contributed by atoms with van der Waals surface area (Å²) in [6.45, 7) is 5.71. The lowest BCUT2D eigenvalue weighted by atomic mass is 9.95. The molecule has 0 bridgehead atoms. The average Bonchev–Trinajstić information content (AvgIpc) is 2.85. The largest absolute Gasteiger partial charge is 0.497 e. The minimum atomic E-state index is -0.611. The topological polar surface area (TPSA) is 83.1 Å². The molecule has 0 aliphatic carbocycles. The van der Waals surface area contributed by atoms with Crippen molar-refractivity contribution in [1.29, 1.82) is 0 Å². The molecule has 180 valence electrons. The van der Waals surface area contributed by atoms with Crippen LogP contribution >= 0.6 is 11.6 Å². The van der Waals surface area contributed by atoms with Gasteiger partial charge in [-0.3, -0.25) is 4.90 Å². The molecule has 34 heavy (non-hydrogen) atoms. The maximum atomic E-state index is 13.0. The zero-order valence-corrected chi connectivity index (χ0v) is 20.1. The van der Waals surface area contributed by atoms with Crippen molar-refractivity contribution in [1.82, 2.24) is 15.5 Å². The van der Waals surface area contributed by atoms with Gasteiger partial charge in [-0.1, -0.05) is 23.7 Å². The Morgan fingerprint density at radius 1 is 1.06 bits per heavy atom. The fourth-order valence-electron chi connectivity index (χ4n) is 4.28. The molecule has 8 nitrogen and oxygen atoms in total. The highest BCUT2D eigenvalue weighted by atomic mass is 35.5. The molecule has 2 heterocycles. The Kier molecular flexibility index (Phi) is 7.59. The first kappa shape index (κ1) is 23.9. The summed E-state index contributed by atoms with van der Waals surface area (Å²) < 4.78 is 10.6. The summed E-state index contributed by atoms with van der Waals surface area (Å²) in [7, 11) is 1.66. The number of halogens is 1. The molecular formula is C25H29ClN4O4. The van der Waals surface area contributed by atoms with E-state index in [0.29, 0.717) is 22.8 Å². The molecule has 1 fully saturated rings. The van der Waals surface area contributed by atoms with Crippen LogP contribution in [0.4, 0.5) is 10.5 Å². The van der Waals surface area contributed by atoms with Crippen LogP contribution in [0.2, 0.25) is 5.02 Å². The van der Waals surface area contributed by atoms with E-state index >= 15 is 0 Å². The molecule has 0 unspecified atom stereocenters. The van der Waals surface area contributed by atoms with Crippen LogP contribution in [0.1, 0.15) is 18.5 Å². The quantitative estimate of drug-likeness (QED) is 0.586. The van der Waals surface area contributed by atoms with Crippen LogP contribution in [-0.4, -0.2) is 63.3 Å². The number of amides is 2. The number of ether oxygens (including phenoxy) is 2. The summed E-state index contributed by atoms with van der Waals surface area (Å²) in [5, 5.41) is 6.30. The third-order valence-electron chi connectivity index (χ3n) is 6.04. The molecule has 0 saturated carbocycles. The van der Waals surface area contributed by atoms with E-state index in [1.165, 1.54) is 0 Å². The van der Waals surface area contributed by atoms with E-state index in [-0.39, 0.29) is 12.6 Å². The van der Waals surface area contributed by atoms with Gasteiger partial charge < -0.3 is 25.0 Å². The van der Waals surface area contributed by atoms with Crippen molar-refractivity contribution < 1.29 is 19.1 Å². The normalized spacial score (nSPS) is 18.9. The Morgan fingerprint density at radius 3 is 2.35 bits per heavy atom. The summed E-state index contributed by atoms with van der Waals surface area (Å²) in [6, 6.07) is 14.2. The molecule has 0 radical (unpaired) electrons. The molecule has 1 atom stereocenters. The van der Waals surface area contributed by atoms with E-state index in [1.807, 2.05) is 24.3 Å². The molecule has 2 amide bonds. The van der Waals surface area contributed by atoms with Crippen LogP contribution < -0.4 is 20.3 Å². The molecule has 2 aliphatic heterocycles. The highest BCUT2D eigenvalue weighted by Crippen LogP contribution is 2.29. The van der Waals surface area contributed by atoms with Crippen LogP contribution in [0.15, 0.2) is 59.8 Å². The maximum absolute atomic E-state index is 13.0. The van der Waals surface area contributed by atoms with Gasteiger partial charge in [0, 0.05) is 49.1 Å². The Hall–Kier alpha value is -3.23. The first-order valence-corrected chi connectivity index (χ1v) is 11.7. The molecule has 0 spiro atoms. The smallest absolute Gasteiger partial charge is 0.338 e. The van der Waals surface area contributed by atoms with Gasteiger partial charge in [0.05, 0.1) is 25.3 Å². The van der Waals surface area contributed by atoms with Gasteiger partial charge in [0.2, 0.25) is 0 Å². The molecule has 0 aromatic heterocycles. The van der Waals surface area contributed by atoms with Gasteiger partial charge in [-0.2, -0.15) is 0 Å². The van der Waals surface area contributed by atoms with Gasteiger partial charge in [-0.25, -0.2) is 9.59 Å².